The van der Waals surface area contributed by atoms with Crippen molar-refractivity contribution in [3.05, 3.63) is 48.2 Å². The Bertz CT molecular complexity index is 704. The Morgan fingerprint density at radius 2 is 1.96 bits per heavy atom. The van der Waals surface area contributed by atoms with E-state index in [9.17, 15) is 9.18 Å². The van der Waals surface area contributed by atoms with Gasteiger partial charge in [0, 0.05) is 37.9 Å². The molecule has 0 atom stereocenters. The van der Waals surface area contributed by atoms with Crippen LogP contribution in [0.4, 0.5) is 15.9 Å². The van der Waals surface area contributed by atoms with E-state index in [2.05, 4.69) is 25.5 Å². The first-order chi connectivity index (χ1) is 12.2. The maximum Gasteiger partial charge on any atom is 0.274 e. The molecule has 0 radical (unpaired) electrons. The molecule has 0 unspecified atom stereocenters. The van der Waals surface area contributed by atoms with E-state index in [0.717, 1.165) is 39.4 Å². The van der Waals surface area contributed by atoms with E-state index in [4.69, 9.17) is 4.74 Å². The summed E-state index contributed by atoms with van der Waals surface area (Å²) in [5.74, 6) is -0.135. The molecular formula is C17H20FN5O2. The predicted octanol–water partition coefficient (Wildman–Crippen LogP) is 1.61. The first kappa shape index (κ1) is 17.2. The minimum atomic E-state index is -0.370. The third-order valence-electron chi connectivity index (χ3n) is 3.84. The fourth-order valence-electron chi connectivity index (χ4n) is 2.47. The number of amides is 1. The van der Waals surface area contributed by atoms with Gasteiger partial charge in [-0.15, -0.1) is 0 Å². The number of carbonyl (C=O) groups excluding carboxylic acids is 1. The summed E-state index contributed by atoms with van der Waals surface area (Å²) < 4.78 is 18.2. The minimum absolute atomic E-state index is 0.244. The number of nitrogens with one attached hydrogen (secondary N) is 2. The van der Waals surface area contributed by atoms with Gasteiger partial charge < -0.3 is 15.4 Å². The molecule has 2 aromatic rings. The fourth-order valence-corrected chi connectivity index (χ4v) is 2.47. The zero-order valence-electron chi connectivity index (χ0n) is 13.7. The SMILES string of the molecule is O=C(Nc1ccc(F)cc1)c1cc(NCCN2CCOCC2)ncn1. The van der Waals surface area contributed by atoms with Crippen molar-refractivity contribution in [2.45, 2.75) is 0 Å². The van der Waals surface area contributed by atoms with Gasteiger partial charge in [-0.1, -0.05) is 0 Å². The van der Waals surface area contributed by atoms with E-state index in [0.29, 0.717) is 11.5 Å². The van der Waals surface area contributed by atoms with Gasteiger partial charge in [-0.2, -0.15) is 0 Å². The van der Waals surface area contributed by atoms with Crippen molar-refractivity contribution < 1.29 is 13.9 Å². The lowest BCUT2D eigenvalue weighted by atomic mass is 10.3. The van der Waals surface area contributed by atoms with Crippen LogP contribution < -0.4 is 10.6 Å². The molecule has 132 valence electrons. The van der Waals surface area contributed by atoms with Gasteiger partial charge in [-0.05, 0) is 24.3 Å². The highest BCUT2D eigenvalue weighted by molar-refractivity contribution is 6.03. The molecule has 0 spiro atoms. The number of aromatic nitrogens is 2. The Morgan fingerprint density at radius 3 is 2.72 bits per heavy atom. The van der Waals surface area contributed by atoms with Crippen molar-refractivity contribution in [1.29, 1.82) is 0 Å². The van der Waals surface area contributed by atoms with Crippen LogP contribution in [0.1, 0.15) is 10.5 Å². The highest BCUT2D eigenvalue weighted by Crippen LogP contribution is 2.11. The molecule has 3 rings (SSSR count). The monoisotopic (exact) mass is 345 g/mol. The van der Waals surface area contributed by atoms with Crippen LogP contribution in [0.5, 0.6) is 0 Å². The van der Waals surface area contributed by atoms with Crippen LogP contribution in [0.25, 0.3) is 0 Å². The third kappa shape index (κ3) is 5.20. The van der Waals surface area contributed by atoms with Crippen molar-refractivity contribution >= 4 is 17.4 Å². The van der Waals surface area contributed by atoms with Crippen molar-refractivity contribution in [2.75, 3.05) is 50.0 Å². The number of nitrogens with zero attached hydrogens (tertiary/aromatic N) is 3. The van der Waals surface area contributed by atoms with Gasteiger partial charge in [0.15, 0.2) is 0 Å². The normalized spacial score (nSPS) is 14.9. The van der Waals surface area contributed by atoms with E-state index in [-0.39, 0.29) is 17.4 Å². The maximum absolute atomic E-state index is 12.9. The number of halogens is 1. The summed E-state index contributed by atoms with van der Waals surface area (Å²) in [5.41, 5.74) is 0.750. The predicted molar refractivity (Wildman–Crippen MR) is 92.1 cm³/mol. The Hall–Kier alpha value is -2.58. The zero-order chi connectivity index (χ0) is 17.5. The highest BCUT2D eigenvalue weighted by atomic mass is 19.1. The van der Waals surface area contributed by atoms with Crippen molar-refractivity contribution in [3.63, 3.8) is 0 Å². The molecule has 1 aliphatic heterocycles. The molecule has 1 aromatic heterocycles. The molecule has 7 nitrogen and oxygen atoms in total. The van der Waals surface area contributed by atoms with E-state index in [1.807, 2.05) is 0 Å². The Morgan fingerprint density at radius 1 is 1.20 bits per heavy atom. The summed E-state index contributed by atoms with van der Waals surface area (Å²) >= 11 is 0. The summed E-state index contributed by atoms with van der Waals surface area (Å²) in [5, 5.41) is 5.87. The molecule has 0 bridgehead atoms. The number of morpholine rings is 1. The topological polar surface area (TPSA) is 79.4 Å². The molecule has 1 saturated heterocycles. The quantitative estimate of drug-likeness (QED) is 0.828. The van der Waals surface area contributed by atoms with Crippen LogP contribution in [-0.4, -0.2) is 60.2 Å². The number of benzene rings is 1. The number of carbonyl (C=O) groups is 1. The third-order valence-corrected chi connectivity index (χ3v) is 3.84. The number of hydrogen-bond acceptors (Lipinski definition) is 6. The first-order valence-corrected chi connectivity index (χ1v) is 8.14. The van der Waals surface area contributed by atoms with Crippen LogP contribution in [0, 0.1) is 5.82 Å². The summed E-state index contributed by atoms with van der Waals surface area (Å²) in [6, 6.07) is 7.16. The largest absolute Gasteiger partial charge is 0.379 e. The lowest BCUT2D eigenvalue weighted by Crippen LogP contribution is -2.39. The summed E-state index contributed by atoms with van der Waals surface area (Å²) in [4.78, 5) is 22.6. The van der Waals surface area contributed by atoms with Crippen LogP contribution in [0.3, 0.4) is 0 Å². The molecule has 1 aromatic carbocycles. The molecule has 1 amide bonds. The maximum atomic E-state index is 12.9. The van der Waals surface area contributed by atoms with Crippen LogP contribution in [0.15, 0.2) is 36.7 Å². The lowest BCUT2D eigenvalue weighted by molar-refractivity contribution is 0.0398. The lowest BCUT2D eigenvalue weighted by Gasteiger charge is -2.26. The van der Waals surface area contributed by atoms with Gasteiger partial charge in [-0.3, -0.25) is 9.69 Å². The number of hydrogen-bond donors (Lipinski definition) is 2. The van der Waals surface area contributed by atoms with Crippen molar-refractivity contribution in [2.24, 2.45) is 0 Å². The smallest absolute Gasteiger partial charge is 0.274 e. The second kappa shape index (κ2) is 8.50. The summed E-state index contributed by atoms with van der Waals surface area (Å²) in [7, 11) is 0. The summed E-state index contributed by atoms with van der Waals surface area (Å²) in [6.45, 7) is 4.98. The average Bonchev–Trinajstić information content (AvgIpc) is 2.65. The highest BCUT2D eigenvalue weighted by Gasteiger charge is 2.11. The standard InChI is InChI=1S/C17H20FN5O2/c18-13-1-3-14(4-2-13)22-17(24)15-11-16(21-12-20-15)19-5-6-23-7-9-25-10-8-23/h1-4,11-12H,5-10H2,(H,22,24)(H,19,20,21). The minimum Gasteiger partial charge on any atom is -0.379 e. The average molecular weight is 345 g/mol. The van der Waals surface area contributed by atoms with Gasteiger partial charge in [0.25, 0.3) is 5.91 Å². The number of anilines is 2. The molecular weight excluding hydrogens is 325 g/mol. The van der Waals surface area contributed by atoms with E-state index in [1.165, 1.54) is 30.6 Å². The van der Waals surface area contributed by atoms with Gasteiger partial charge in [0.05, 0.1) is 13.2 Å². The molecule has 8 heteroatoms. The molecule has 2 heterocycles. The van der Waals surface area contributed by atoms with Gasteiger partial charge in [-0.25, -0.2) is 14.4 Å². The van der Waals surface area contributed by atoms with E-state index < -0.39 is 0 Å². The van der Waals surface area contributed by atoms with Crippen LogP contribution in [0.2, 0.25) is 0 Å². The Labute approximate surface area is 145 Å². The Kier molecular flexibility index (Phi) is 5.86. The molecule has 1 aliphatic rings. The fraction of sp³-hybridized carbons (Fsp3) is 0.353. The second-order valence-corrected chi connectivity index (χ2v) is 5.63. The molecule has 2 N–H and O–H groups in total. The molecule has 1 fully saturated rings. The van der Waals surface area contributed by atoms with Gasteiger partial charge in [0.2, 0.25) is 0 Å². The Balaban J connectivity index is 1.53. The van der Waals surface area contributed by atoms with E-state index >= 15 is 0 Å². The van der Waals surface area contributed by atoms with Gasteiger partial charge in [0.1, 0.15) is 23.7 Å². The summed E-state index contributed by atoms with van der Waals surface area (Å²) in [6.07, 6.45) is 1.34. The zero-order valence-corrected chi connectivity index (χ0v) is 13.7. The van der Waals surface area contributed by atoms with Crippen LogP contribution in [-0.2, 0) is 4.74 Å². The second-order valence-electron chi connectivity index (χ2n) is 5.63. The molecule has 0 saturated carbocycles. The number of rotatable bonds is 6. The number of ether oxygens (including phenoxy) is 1. The van der Waals surface area contributed by atoms with Crippen molar-refractivity contribution in [3.8, 4) is 0 Å². The van der Waals surface area contributed by atoms with E-state index in [1.54, 1.807) is 6.07 Å². The van der Waals surface area contributed by atoms with Crippen LogP contribution >= 0.6 is 0 Å². The molecule has 25 heavy (non-hydrogen) atoms. The van der Waals surface area contributed by atoms with Gasteiger partial charge >= 0.3 is 0 Å². The van der Waals surface area contributed by atoms with Crippen molar-refractivity contribution in [1.82, 2.24) is 14.9 Å². The molecule has 0 aliphatic carbocycles. The first-order valence-electron chi connectivity index (χ1n) is 8.14.